The molecule has 19 heavy (non-hydrogen) atoms. The lowest BCUT2D eigenvalue weighted by Crippen LogP contribution is -2.68. The first-order chi connectivity index (χ1) is 8.92. The summed E-state index contributed by atoms with van der Waals surface area (Å²) in [5, 5.41) is 15.6. The van der Waals surface area contributed by atoms with Crippen molar-refractivity contribution in [3.63, 3.8) is 0 Å². The molecule has 2 bridgehead atoms. The van der Waals surface area contributed by atoms with Crippen LogP contribution in [0, 0.1) is 6.92 Å². The zero-order valence-electron chi connectivity index (χ0n) is 11.0. The molecule has 0 spiro atoms. The summed E-state index contributed by atoms with van der Waals surface area (Å²) >= 11 is 1.36. The zero-order valence-corrected chi connectivity index (χ0v) is 11.8. The number of aliphatic hydroxyl groups excluding tert-OH is 1. The molecule has 0 aliphatic heterocycles. The van der Waals surface area contributed by atoms with E-state index in [2.05, 4.69) is 10.3 Å². The number of aliphatic hydroxyl groups is 1. The fraction of sp³-hybridized carbons (Fsp3) is 0.692. The van der Waals surface area contributed by atoms with Crippen LogP contribution in [0.2, 0.25) is 0 Å². The summed E-state index contributed by atoms with van der Waals surface area (Å²) in [6.07, 6.45) is 3.26. The molecule has 3 saturated carbocycles. The molecule has 3 fully saturated rings. The third kappa shape index (κ3) is 2.17. The van der Waals surface area contributed by atoms with Crippen LogP contribution >= 0.6 is 11.3 Å². The third-order valence-electron chi connectivity index (χ3n) is 4.58. The van der Waals surface area contributed by atoms with Crippen molar-refractivity contribution in [1.29, 1.82) is 0 Å². The van der Waals surface area contributed by atoms with E-state index in [1.165, 1.54) is 11.3 Å². The standard InChI is InChI=1S/C13H19N3O2S/c1-8-7-19-11(15-8)10(18)16-12-2-4-13(14,5-3-12)9(17)6-12/h7,9,17H,2-6,14H2,1H3,(H,16,18)/t9-,12?,13?/m0/s1. The van der Waals surface area contributed by atoms with E-state index in [-0.39, 0.29) is 11.4 Å². The van der Waals surface area contributed by atoms with Crippen molar-refractivity contribution in [2.75, 3.05) is 0 Å². The number of rotatable bonds is 2. The van der Waals surface area contributed by atoms with E-state index < -0.39 is 11.6 Å². The first-order valence-electron chi connectivity index (χ1n) is 6.64. The maximum atomic E-state index is 12.2. The molecule has 6 heteroatoms. The monoisotopic (exact) mass is 281 g/mol. The highest BCUT2D eigenvalue weighted by atomic mass is 32.1. The molecule has 1 atom stereocenters. The lowest BCUT2D eigenvalue weighted by atomic mass is 9.60. The Kier molecular flexibility index (Phi) is 2.92. The molecule has 3 aliphatic carbocycles. The molecule has 104 valence electrons. The molecule has 3 aliphatic rings. The van der Waals surface area contributed by atoms with Crippen molar-refractivity contribution in [3.05, 3.63) is 16.1 Å². The number of carbonyl (C=O) groups is 1. The van der Waals surface area contributed by atoms with Gasteiger partial charge in [-0.15, -0.1) is 11.3 Å². The van der Waals surface area contributed by atoms with Crippen molar-refractivity contribution >= 4 is 17.2 Å². The van der Waals surface area contributed by atoms with Gasteiger partial charge in [0, 0.05) is 22.2 Å². The number of carbonyl (C=O) groups excluding carboxylic acids is 1. The van der Waals surface area contributed by atoms with E-state index in [1.54, 1.807) is 0 Å². The number of nitrogens with zero attached hydrogens (tertiary/aromatic N) is 1. The van der Waals surface area contributed by atoms with Crippen LogP contribution in [-0.2, 0) is 0 Å². The average Bonchev–Trinajstić information content (AvgIpc) is 2.79. The first kappa shape index (κ1) is 13.0. The molecular formula is C13H19N3O2S. The molecule has 0 saturated heterocycles. The van der Waals surface area contributed by atoms with Gasteiger partial charge in [0.1, 0.15) is 0 Å². The topological polar surface area (TPSA) is 88.2 Å². The van der Waals surface area contributed by atoms with E-state index in [0.29, 0.717) is 11.4 Å². The fourth-order valence-electron chi connectivity index (χ4n) is 3.23. The molecule has 1 aromatic heterocycles. The largest absolute Gasteiger partial charge is 0.391 e. The normalized spacial score (nSPS) is 37.3. The van der Waals surface area contributed by atoms with Gasteiger partial charge in [-0.2, -0.15) is 0 Å². The lowest BCUT2D eigenvalue weighted by Gasteiger charge is -2.54. The molecule has 5 nitrogen and oxygen atoms in total. The summed E-state index contributed by atoms with van der Waals surface area (Å²) in [4.78, 5) is 16.4. The van der Waals surface area contributed by atoms with Crippen LogP contribution in [0.4, 0.5) is 0 Å². The number of hydrogen-bond acceptors (Lipinski definition) is 5. The van der Waals surface area contributed by atoms with Gasteiger partial charge in [0.2, 0.25) is 0 Å². The number of fused-ring (bicyclic) bond motifs is 3. The number of aryl methyl sites for hydroxylation is 1. The van der Waals surface area contributed by atoms with Gasteiger partial charge in [-0.3, -0.25) is 4.79 Å². The minimum absolute atomic E-state index is 0.128. The minimum Gasteiger partial charge on any atom is -0.391 e. The molecular weight excluding hydrogens is 262 g/mol. The van der Waals surface area contributed by atoms with Gasteiger partial charge >= 0.3 is 0 Å². The van der Waals surface area contributed by atoms with Crippen LogP contribution in [-0.4, -0.2) is 33.2 Å². The molecule has 4 N–H and O–H groups in total. The van der Waals surface area contributed by atoms with E-state index in [0.717, 1.165) is 31.4 Å². The Morgan fingerprint density at radius 2 is 2.21 bits per heavy atom. The SMILES string of the molecule is Cc1csc(C(=O)NC23CCC(N)(CC2)[C@@H](O)C3)n1. The van der Waals surface area contributed by atoms with Crippen LogP contribution < -0.4 is 11.1 Å². The molecule has 1 heterocycles. The maximum Gasteiger partial charge on any atom is 0.280 e. The number of nitrogens with two attached hydrogens (primary N) is 1. The fourth-order valence-corrected chi connectivity index (χ4v) is 3.92. The van der Waals surface area contributed by atoms with Gasteiger partial charge in [0.25, 0.3) is 5.91 Å². The highest BCUT2D eigenvalue weighted by molar-refractivity contribution is 7.11. The van der Waals surface area contributed by atoms with Crippen molar-refractivity contribution in [3.8, 4) is 0 Å². The predicted molar refractivity (Wildman–Crippen MR) is 73.1 cm³/mol. The summed E-state index contributed by atoms with van der Waals surface area (Å²) in [5.41, 5.74) is 6.30. The van der Waals surface area contributed by atoms with Crippen molar-refractivity contribution in [2.24, 2.45) is 5.73 Å². The molecule has 4 rings (SSSR count). The Morgan fingerprint density at radius 1 is 1.53 bits per heavy atom. The minimum atomic E-state index is -0.520. The van der Waals surface area contributed by atoms with Crippen LogP contribution in [0.15, 0.2) is 5.38 Å². The van der Waals surface area contributed by atoms with Gasteiger partial charge in [0.15, 0.2) is 5.01 Å². The van der Waals surface area contributed by atoms with E-state index in [1.807, 2.05) is 12.3 Å². The van der Waals surface area contributed by atoms with Crippen molar-refractivity contribution < 1.29 is 9.90 Å². The highest BCUT2D eigenvalue weighted by Gasteiger charge is 2.52. The Hall–Kier alpha value is -0.980. The van der Waals surface area contributed by atoms with Gasteiger partial charge in [0.05, 0.1) is 6.10 Å². The van der Waals surface area contributed by atoms with Crippen LogP contribution in [0.3, 0.4) is 0 Å². The van der Waals surface area contributed by atoms with Crippen molar-refractivity contribution in [2.45, 2.75) is 56.2 Å². The summed E-state index contributed by atoms with van der Waals surface area (Å²) in [6, 6.07) is 0. The van der Waals surface area contributed by atoms with Gasteiger partial charge in [-0.1, -0.05) is 0 Å². The smallest absolute Gasteiger partial charge is 0.280 e. The number of thiazole rings is 1. The molecule has 1 amide bonds. The molecule has 1 aromatic rings. The number of amides is 1. The Morgan fingerprint density at radius 3 is 2.74 bits per heavy atom. The van der Waals surface area contributed by atoms with Crippen molar-refractivity contribution in [1.82, 2.24) is 10.3 Å². The summed E-state index contributed by atoms with van der Waals surface area (Å²) in [6.45, 7) is 1.87. The molecule has 0 aromatic carbocycles. The Balaban J connectivity index is 1.75. The second kappa shape index (κ2) is 4.26. The molecule has 0 radical (unpaired) electrons. The summed E-state index contributed by atoms with van der Waals surface area (Å²) in [5.74, 6) is -0.128. The highest BCUT2D eigenvalue weighted by Crippen LogP contribution is 2.45. The Labute approximate surface area is 116 Å². The van der Waals surface area contributed by atoms with Crippen LogP contribution in [0.25, 0.3) is 0 Å². The quantitative estimate of drug-likeness (QED) is 0.753. The third-order valence-corrected chi connectivity index (χ3v) is 5.54. The summed E-state index contributed by atoms with van der Waals surface area (Å²) in [7, 11) is 0. The second-order valence-electron chi connectivity index (χ2n) is 5.98. The van der Waals surface area contributed by atoms with Gasteiger partial charge in [-0.05, 0) is 39.0 Å². The number of hydrogen-bond donors (Lipinski definition) is 3. The Bertz CT molecular complexity index is 506. The van der Waals surface area contributed by atoms with E-state index in [4.69, 9.17) is 5.73 Å². The van der Waals surface area contributed by atoms with Gasteiger partial charge in [-0.25, -0.2) is 4.98 Å². The number of nitrogens with one attached hydrogen (secondary N) is 1. The lowest BCUT2D eigenvalue weighted by molar-refractivity contribution is -0.0411. The maximum absolute atomic E-state index is 12.2. The predicted octanol–water partition coefficient (Wildman–Crippen LogP) is 0.956. The first-order valence-corrected chi connectivity index (χ1v) is 7.52. The van der Waals surface area contributed by atoms with Crippen LogP contribution in [0.1, 0.15) is 47.6 Å². The molecule has 0 unspecified atom stereocenters. The number of aromatic nitrogens is 1. The van der Waals surface area contributed by atoms with Crippen LogP contribution in [0.5, 0.6) is 0 Å². The summed E-state index contributed by atoms with van der Waals surface area (Å²) < 4.78 is 0. The van der Waals surface area contributed by atoms with E-state index >= 15 is 0 Å². The van der Waals surface area contributed by atoms with E-state index in [9.17, 15) is 9.90 Å². The average molecular weight is 281 g/mol. The van der Waals surface area contributed by atoms with Gasteiger partial charge < -0.3 is 16.2 Å². The second-order valence-corrected chi connectivity index (χ2v) is 6.84. The zero-order chi connectivity index (χ0) is 13.7.